The van der Waals surface area contributed by atoms with Gasteiger partial charge in [-0.05, 0) is 6.20 Å². The second-order valence-corrected chi connectivity index (χ2v) is 1.49. The van der Waals surface area contributed by atoms with Gasteiger partial charge in [-0.1, -0.05) is 11.5 Å². The molecule has 0 saturated carbocycles. The first-order valence-corrected chi connectivity index (χ1v) is 2.23. The second-order valence-electron chi connectivity index (χ2n) is 1.49. The zero-order chi connectivity index (χ0) is 5.98. The summed E-state index contributed by atoms with van der Waals surface area (Å²) >= 11 is 0. The summed E-state index contributed by atoms with van der Waals surface area (Å²) in [7, 11) is 5.26. The molecule has 0 fully saturated rings. The Balaban J connectivity index is 3.22. The van der Waals surface area contributed by atoms with Gasteiger partial charge in [0.15, 0.2) is 0 Å². The van der Waals surface area contributed by atoms with Crippen molar-refractivity contribution in [3.05, 3.63) is 28.7 Å². The summed E-state index contributed by atoms with van der Waals surface area (Å²) in [6.07, 6.45) is 1.46. The van der Waals surface area contributed by atoms with Crippen molar-refractivity contribution >= 4 is 13.3 Å². The van der Waals surface area contributed by atoms with Crippen LogP contribution in [0.5, 0.6) is 0 Å². The molecule has 0 bridgehead atoms. The monoisotopic (exact) mass is 105 g/mol. The van der Waals surface area contributed by atoms with Crippen LogP contribution in [0.4, 0.5) is 0 Å². The summed E-state index contributed by atoms with van der Waals surface area (Å²) in [6.45, 7) is 0. The Morgan fingerprint density at radius 3 is 2.62 bits per heavy atom. The van der Waals surface area contributed by atoms with Crippen LogP contribution in [-0.4, -0.2) is 12.8 Å². The van der Waals surface area contributed by atoms with Gasteiger partial charge in [-0.15, -0.1) is 0 Å². The molecule has 1 aromatic rings. The molecule has 0 spiro atoms. The summed E-state index contributed by atoms with van der Waals surface area (Å²) < 4.78 is 0. The number of pyridine rings is 1. The highest BCUT2D eigenvalue weighted by Gasteiger charge is 1.78. The SMILES string of the molecule is [B]c1ccc(=O)[nH]c1. The van der Waals surface area contributed by atoms with Crippen LogP contribution in [0.1, 0.15) is 0 Å². The average molecular weight is 105 g/mol. The number of hydrogen-bond acceptors (Lipinski definition) is 1. The zero-order valence-electron chi connectivity index (χ0n) is 4.22. The van der Waals surface area contributed by atoms with Crippen LogP contribution in [0.25, 0.3) is 0 Å². The lowest BCUT2D eigenvalue weighted by Gasteiger charge is -1.84. The molecule has 1 N–H and O–H groups in total. The fourth-order valence-corrected chi connectivity index (χ4v) is 0.423. The van der Waals surface area contributed by atoms with Gasteiger partial charge in [0.25, 0.3) is 0 Å². The summed E-state index contributed by atoms with van der Waals surface area (Å²) in [4.78, 5) is 12.7. The molecule has 0 atom stereocenters. The van der Waals surface area contributed by atoms with E-state index in [-0.39, 0.29) is 5.56 Å². The van der Waals surface area contributed by atoms with Crippen molar-refractivity contribution in [2.24, 2.45) is 0 Å². The Morgan fingerprint density at radius 1 is 1.50 bits per heavy atom. The Kier molecular flexibility index (Phi) is 1.20. The molecule has 0 aliphatic heterocycles. The Labute approximate surface area is 48.0 Å². The minimum Gasteiger partial charge on any atom is -0.330 e. The Hall–Kier alpha value is -0.985. The van der Waals surface area contributed by atoms with E-state index in [9.17, 15) is 4.79 Å². The molecule has 1 heterocycles. The van der Waals surface area contributed by atoms with E-state index in [1.807, 2.05) is 0 Å². The molecule has 3 heteroatoms. The minimum absolute atomic E-state index is 0.126. The third kappa shape index (κ3) is 0.995. The highest BCUT2D eigenvalue weighted by Crippen LogP contribution is 1.62. The zero-order valence-corrected chi connectivity index (χ0v) is 4.22. The number of nitrogens with one attached hydrogen (secondary N) is 1. The van der Waals surface area contributed by atoms with Gasteiger partial charge in [-0.3, -0.25) is 4.79 Å². The molecule has 2 nitrogen and oxygen atoms in total. The van der Waals surface area contributed by atoms with E-state index in [0.29, 0.717) is 5.46 Å². The van der Waals surface area contributed by atoms with Gasteiger partial charge in [0.05, 0.1) is 0 Å². The third-order valence-corrected chi connectivity index (χ3v) is 0.808. The van der Waals surface area contributed by atoms with Crippen LogP contribution in [0.3, 0.4) is 0 Å². The summed E-state index contributed by atoms with van der Waals surface area (Å²) in [5.74, 6) is 0. The van der Waals surface area contributed by atoms with Gasteiger partial charge in [0.1, 0.15) is 7.85 Å². The largest absolute Gasteiger partial charge is 0.330 e. The van der Waals surface area contributed by atoms with E-state index >= 15 is 0 Å². The minimum atomic E-state index is -0.126. The van der Waals surface area contributed by atoms with Crippen molar-refractivity contribution in [2.75, 3.05) is 0 Å². The van der Waals surface area contributed by atoms with E-state index in [2.05, 4.69) is 4.98 Å². The van der Waals surface area contributed by atoms with Gasteiger partial charge in [-0.2, -0.15) is 0 Å². The third-order valence-electron chi connectivity index (χ3n) is 0.808. The average Bonchev–Trinajstić information content (AvgIpc) is 1.77. The van der Waals surface area contributed by atoms with E-state index < -0.39 is 0 Å². The van der Waals surface area contributed by atoms with Crippen LogP contribution in [0.2, 0.25) is 0 Å². The molecule has 2 radical (unpaired) electrons. The molecule has 1 aromatic heterocycles. The molecule has 0 amide bonds. The van der Waals surface area contributed by atoms with Crippen LogP contribution < -0.4 is 11.0 Å². The van der Waals surface area contributed by atoms with Crippen molar-refractivity contribution in [3.8, 4) is 0 Å². The summed E-state index contributed by atoms with van der Waals surface area (Å²) in [6, 6.07) is 2.94. The predicted molar refractivity (Wildman–Crippen MR) is 32.5 cm³/mol. The van der Waals surface area contributed by atoms with Crippen molar-refractivity contribution < 1.29 is 0 Å². The van der Waals surface area contributed by atoms with E-state index in [0.717, 1.165) is 0 Å². The van der Waals surface area contributed by atoms with Crippen molar-refractivity contribution in [1.29, 1.82) is 0 Å². The van der Waals surface area contributed by atoms with E-state index in [1.54, 1.807) is 6.07 Å². The van der Waals surface area contributed by atoms with Gasteiger partial charge < -0.3 is 4.98 Å². The second kappa shape index (κ2) is 1.86. The maximum absolute atomic E-state index is 10.3. The van der Waals surface area contributed by atoms with Gasteiger partial charge >= 0.3 is 0 Å². The van der Waals surface area contributed by atoms with Crippen molar-refractivity contribution in [3.63, 3.8) is 0 Å². The number of aromatic amines is 1. The lowest BCUT2D eigenvalue weighted by Crippen LogP contribution is -2.10. The highest BCUT2D eigenvalue weighted by molar-refractivity contribution is 6.31. The topological polar surface area (TPSA) is 32.9 Å². The number of hydrogen-bond donors (Lipinski definition) is 1. The molecule has 0 saturated heterocycles. The molecule has 0 aliphatic rings. The van der Waals surface area contributed by atoms with E-state index in [1.165, 1.54) is 12.3 Å². The molecule has 0 aromatic carbocycles. The predicted octanol–water partition coefficient (Wildman–Crippen LogP) is -0.831. The first kappa shape index (κ1) is 5.16. The van der Waals surface area contributed by atoms with Gasteiger partial charge in [-0.25, -0.2) is 0 Å². The lowest BCUT2D eigenvalue weighted by atomic mass is 9.99. The van der Waals surface area contributed by atoms with Crippen molar-refractivity contribution in [1.82, 2.24) is 4.98 Å². The fourth-order valence-electron chi connectivity index (χ4n) is 0.423. The normalized spacial score (nSPS) is 9.00. The standard InChI is InChI=1S/C5H4BNO/c6-4-1-2-5(8)7-3-4/h1-3H,(H,7,8). The van der Waals surface area contributed by atoms with Gasteiger partial charge in [0, 0.05) is 6.07 Å². The molecule has 38 valence electrons. The molecule has 0 unspecified atom stereocenters. The first-order valence-electron chi connectivity index (χ1n) is 2.23. The molecule has 8 heavy (non-hydrogen) atoms. The Morgan fingerprint density at radius 2 is 2.25 bits per heavy atom. The smallest absolute Gasteiger partial charge is 0.247 e. The first-order chi connectivity index (χ1) is 3.79. The molecule has 1 rings (SSSR count). The highest BCUT2D eigenvalue weighted by atomic mass is 16.1. The molecular weight excluding hydrogens is 101 g/mol. The maximum atomic E-state index is 10.3. The van der Waals surface area contributed by atoms with E-state index in [4.69, 9.17) is 7.85 Å². The lowest BCUT2D eigenvalue weighted by molar-refractivity contribution is 1.25. The number of H-pyrrole nitrogens is 1. The number of aromatic nitrogens is 1. The molecule has 0 aliphatic carbocycles. The van der Waals surface area contributed by atoms with Gasteiger partial charge in [0.2, 0.25) is 5.56 Å². The van der Waals surface area contributed by atoms with Crippen molar-refractivity contribution in [2.45, 2.75) is 0 Å². The number of rotatable bonds is 0. The molecular formula is C5H4BNO. The summed E-state index contributed by atoms with van der Waals surface area (Å²) in [5.41, 5.74) is 0.448. The summed E-state index contributed by atoms with van der Waals surface area (Å²) in [5, 5.41) is 0. The quantitative estimate of drug-likeness (QED) is 0.429. The van der Waals surface area contributed by atoms with Crippen LogP contribution in [-0.2, 0) is 0 Å². The Bertz CT molecular complexity index is 210. The maximum Gasteiger partial charge on any atom is 0.247 e. The fraction of sp³-hybridized carbons (Fsp3) is 0. The van der Waals surface area contributed by atoms with Crippen LogP contribution in [0.15, 0.2) is 23.1 Å². The van der Waals surface area contributed by atoms with Crippen LogP contribution >= 0.6 is 0 Å². The van der Waals surface area contributed by atoms with Crippen LogP contribution in [0, 0.1) is 0 Å².